The molecule has 3 saturated heterocycles. The van der Waals surface area contributed by atoms with Crippen LogP contribution in [-0.2, 0) is 64.1 Å². The van der Waals surface area contributed by atoms with Crippen LogP contribution in [0.3, 0.4) is 0 Å². The van der Waals surface area contributed by atoms with Crippen LogP contribution in [0.1, 0.15) is 86.1 Å². The van der Waals surface area contributed by atoms with Gasteiger partial charge in [-0.25, -0.2) is 33.3 Å². The van der Waals surface area contributed by atoms with Gasteiger partial charge < -0.3 is 51.8 Å². The number of aromatic nitrogens is 7. The van der Waals surface area contributed by atoms with Crippen LogP contribution in [0.5, 0.6) is 0 Å². The molecule has 0 aliphatic carbocycles. The Bertz CT molecular complexity index is 2990. The number of nitrogens with zero attached hydrogens (tertiary/aromatic N) is 8. The first-order valence-electron chi connectivity index (χ1n) is 24.0. The minimum absolute atomic E-state index is 0.0556. The topological polar surface area (TPSA) is 280 Å². The van der Waals surface area contributed by atoms with E-state index in [0.717, 1.165) is 15.3 Å². The molecule has 7 heterocycles. The molecule has 8 rings (SSSR count). The number of hydrogen-bond donors (Lipinski definition) is 4. The zero-order valence-electron chi connectivity index (χ0n) is 42.0. The van der Waals surface area contributed by atoms with E-state index in [9.17, 15) is 24.9 Å². The number of hydrogen-bond acceptors (Lipinski definition) is 20. The molecule has 3 aliphatic rings. The van der Waals surface area contributed by atoms with Gasteiger partial charge in [-0.3, -0.25) is 27.5 Å². The van der Waals surface area contributed by atoms with E-state index in [2.05, 4.69) is 25.3 Å². The first kappa shape index (κ1) is 56.4. The monoisotopic (exact) mass is 1130 g/mol. The highest BCUT2D eigenvalue weighted by molar-refractivity contribution is 8.07. The number of anilines is 1. The van der Waals surface area contributed by atoms with Gasteiger partial charge in [0.05, 0.1) is 45.0 Å². The number of nitriles is 1. The first-order chi connectivity index (χ1) is 34.9. The van der Waals surface area contributed by atoms with Crippen LogP contribution in [0.2, 0.25) is 22.2 Å². The summed E-state index contributed by atoms with van der Waals surface area (Å²) < 4.78 is 110. The lowest BCUT2D eigenvalue weighted by Gasteiger charge is -2.47. The third kappa shape index (κ3) is 11.0. The fourth-order valence-electron chi connectivity index (χ4n) is 9.40. The molecule has 23 nitrogen and oxygen atoms in total. The Hall–Kier alpha value is -3.83. The molecule has 11 atom stereocenters. The van der Waals surface area contributed by atoms with Gasteiger partial charge in [0, 0.05) is 18.8 Å². The number of nitrogens with one attached hydrogen (secondary N) is 1. The second-order valence-electron chi connectivity index (χ2n) is 19.5. The van der Waals surface area contributed by atoms with E-state index in [1.54, 1.807) is 30.3 Å². The number of fused-ring (bicyclic) bond motifs is 5. The lowest BCUT2D eigenvalue weighted by molar-refractivity contribution is -0.0665. The molecule has 30 heteroatoms. The number of benzene rings is 1. The average Bonchev–Trinajstić information content (AvgIpc) is 4.10. The highest BCUT2D eigenvalue weighted by atomic mass is 32.5. The number of rotatable bonds is 16. The Labute approximate surface area is 432 Å². The van der Waals surface area contributed by atoms with Crippen LogP contribution < -0.4 is 10.9 Å². The minimum atomic E-state index is -5.09. The molecule has 74 heavy (non-hydrogen) atoms. The summed E-state index contributed by atoms with van der Waals surface area (Å²) in [7, 11) is -11.2. The summed E-state index contributed by atoms with van der Waals surface area (Å²) in [6.45, 7) is 8.30. The summed E-state index contributed by atoms with van der Waals surface area (Å²) >= 11 is 5.56. The van der Waals surface area contributed by atoms with Gasteiger partial charge in [0.25, 0.3) is 5.56 Å². The lowest BCUT2D eigenvalue weighted by Crippen LogP contribution is -2.62. The molecule has 3 unspecified atom stereocenters. The van der Waals surface area contributed by atoms with E-state index in [-0.39, 0.29) is 40.1 Å². The van der Waals surface area contributed by atoms with Gasteiger partial charge in [0.1, 0.15) is 42.2 Å². The number of aryl methyl sites for hydroxylation is 1. The second-order valence-corrected chi connectivity index (χ2v) is 32.5. The Morgan fingerprint density at radius 2 is 1.59 bits per heavy atom. The average molecular weight is 1130 g/mol. The van der Waals surface area contributed by atoms with Gasteiger partial charge in [0.2, 0.25) is 0 Å². The molecule has 0 radical (unpaired) electrons. The van der Waals surface area contributed by atoms with Crippen molar-refractivity contribution in [1.29, 1.82) is 5.26 Å². The third-order valence-corrected chi connectivity index (χ3v) is 26.1. The number of phosphoric acid groups is 1. The van der Waals surface area contributed by atoms with Crippen molar-refractivity contribution < 1.29 is 68.8 Å². The number of imidazole rings is 1. The number of phosphoric ester groups is 1. The molecular weight excluding hydrogens is 1070 g/mol. The van der Waals surface area contributed by atoms with Crippen LogP contribution in [0.15, 0.2) is 60.3 Å². The third-order valence-electron chi connectivity index (χ3n) is 13.4. The van der Waals surface area contributed by atoms with Crippen LogP contribution in [0.25, 0.3) is 22.2 Å². The van der Waals surface area contributed by atoms with Gasteiger partial charge in [-0.05, 0) is 34.0 Å². The predicted octanol–water partition coefficient (Wildman–Crippen LogP) is 6.94. The van der Waals surface area contributed by atoms with E-state index in [0.29, 0.717) is 5.56 Å². The molecule has 0 saturated carbocycles. The maximum atomic E-state index is 17.2. The van der Waals surface area contributed by atoms with Crippen molar-refractivity contribution in [3.8, 4) is 6.07 Å². The van der Waals surface area contributed by atoms with Gasteiger partial charge in [-0.2, -0.15) is 5.26 Å². The van der Waals surface area contributed by atoms with Gasteiger partial charge in [-0.1, -0.05) is 85.7 Å². The van der Waals surface area contributed by atoms with E-state index >= 15 is 13.3 Å². The number of aliphatic hydroxyl groups excluding tert-OH is 1. The maximum Gasteiger partial charge on any atom is 0.475 e. The van der Waals surface area contributed by atoms with Crippen molar-refractivity contribution in [2.24, 2.45) is 7.05 Å². The van der Waals surface area contributed by atoms with E-state index in [1.165, 1.54) is 30.6 Å². The fraction of sp³-hybridized carbons (Fsp3) is 0.591. The van der Waals surface area contributed by atoms with Crippen LogP contribution in [-0.4, -0.2) is 122 Å². The van der Waals surface area contributed by atoms with Crippen molar-refractivity contribution in [2.45, 2.75) is 139 Å². The standard InChI is InChI=1S/C44H61F2N9O14P2SSi2/c1-24(2)73(60,25(3)4)69-74(26(5)6,27(7)8)68-36-31-20-63-71(59,72)67-35-30(64-43(33(35)46)55-23-50-34-38(48-21-49-40(34)55)52-41(56)28-14-11-10-12-15-28)19-62-70(58,61-17-13-16-47)66-37(36)44(65-31)54-18-29(45)32-39(54)51-22-53(9)42(32)57/h10-12,14-15,18,21-27,30-31,33,35-37,41,43-44,56,60H,13,17,19-20H2,1-9H3,(H,59,72)(H,48,49,52)/t30-,31+,33-,35-,36-,37-,41?,43-,44-,70?,71?/m1/s1. The molecule has 2 bridgehead atoms. The fourth-order valence-corrected chi connectivity index (χ4v) is 22.1. The van der Waals surface area contributed by atoms with Crippen LogP contribution >= 0.6 is 14.5 Å². The van der Waals surface area contributed by atoms with E-state index < -0.39 is 135 Å². The molecule has 404 valence electrons. The van der Waals surface area contributed by atoms with Gasteiger partial charge >= 0.3 is 31.7 Å². The van der Waals surface area contributed by atoms with Crippen LogP contribution in [0, 0.1) is 17.1 Å². The summed E-state index contributed by atoms with van der Waals surface area (Å²) in [6.07, 6.45) is -10.4. The first-order valence-corrected chi connectivity index (χ1v) is 32.0. The zero-order chi connectivity index (χ0) is 53.7. The second kappa shape index (κ2) is 22.3. The molecule has 5 aromatic rings. The molecular formula is C44H61F2N9O14P2SSi2. The largest absolute Gasteiger partial charge is 0.475 e. The summed E-state index contributed by atoms with van der Waals surface area (Å²) in [5.74, 6) is -0.883. The summed E-state index contributed by atoms with van der Waals surface area (Å²) in [5.41, 5.74) is -1.71. The molecule has 3 aliphatic heterocycles. The van der Waals surface area contributed by atoms with E-state index in [1.807, 2.05) is 61.5 Å². The summed E-state index contributed by atoms with van der Waals surface area (Å²) in [4.78, 5) is 54.9. The Morgan fingerprint density at radius 3 is 2.26 bits per heavy atom. The van der Waals surface area contributed by atoms with Gasteiger partial charge in [-0.15, -0.1) is 0 Å². The highest BCUT2D eigenvalue weighted by Crippen LogP contribution is 2.58. The van der Waals surface area contributed by atoms with Gasteiger partial charge in [0.15, 0.2) is 53.3 Å². The Balaban J connectivity index is 1.21. The summed E-state index contributed by atoms with van der Waals surface area (Å²) in [5, 5.41) is 23.0. The molecule has 0 amide bonds. The Morgan fingerprint density at radius 1 is 0.919 bits per heavy atom. The highest BCUT2D eigenvalue weighted by Gasteiger charge is 2.61. The normalized spacial score (nSPS) is 28.7. The Kier molecular flexibility index (Phi) is 17.0. The lowest BCUT2D eigenvalue weighted by atomic mass is 10.1. The number of ether oxygens (including phenoxy) is 2. The number of halogens is 2. The maximum absolute atomic E-state index is 17.2. The SMILES string of the molecule is CC(C)[Si](O)(O[Si](O[C@H]1[C@H]2OP(=O)(OCCC#N)OC[C@H]3O[C@@H](n4cnc5c(NC(O)c6ccccc6)ncnc54)[C@H](F)[C@@H]3OP(O)(=S)OC[C@@H]1O[C@H]2n1cc(F)c2c(=O)n(C)cnc21)(C(C)C)C(C)C)C(C)C. The number of aliphatic hydroxyl groups is 1. The quantitative estimate of drug-likeness (QED) is 0.0337. The predicted molar refractivity (Wildman–Crippen MR) is 270 cm³/mol. The van der Waals surface area contributed by atoms with E-state index in [4.69, 9.17) is 52.4 Å². The van der Waals surface area contributed by atoms with Crippen molar-refractivity contribution in [3.05, 3.63) is 77.2 Å². The zero-order valence-corrected chi connectivity index (χ0v) is 46.6. The minimum Gasteiger partial charge on any atom is -0.414 e. The molecule has 3 fully saturated rings. The number of alkyl halides is 1. The van der Waals surface area contributed by atoms with Crippen molar-refractivity contribution in [1.82, 2.24) is 33.6 Å². The molecule has 1 aromatic carbocycles. The van der Waals surface area contributed by atoms with Crippen molar-refractivity contribution in [2.75, 3.05) is 25.1 Å². The van der Waals surface area contributed by atoms with Crippen molar-refractivity contribution in [3.63, 3.8) is 0 Å². The van der Waals surface area contributed by atoms with Crippen LogP contribution in [0.4, 0.5) is 14.6 Å². The smallest absolute Gasteiger partial charge is 0.414 e. The molecule has 4 aromatic heterocycles. The summed E-state index contributed by atoms with van der Waals surface area (Å²) in [6, 6.07) is 10.6. The molecule has 4 N–H and O–H groups in total. The van der Waals surface area contributed by atoms with Crippen molar-refractivity contribution >= 4 is 71.5 Å². The molecule has 0 spiro atoms.